The van der Waals surface area contributed by atoms with E-state index < -0.39 is 11.8 Å². The van der Waals surface area contributed by atoms with Gasteiger partial charge in [0.05, 0.1) is 5.69 Å². The predicted octanol–water partition coefficient (Wildman–Crippen LogP) is 3.63. The third-order valence-electron chi connectivity index (χ3n) is 3.92. The standard InChI is InChI=1S/C18H18BrN3O2/c19-15-5-1-2-6-16(15)21-18(24)17(23)20-13-7-9-14(10-8-13)22-11-3-4-12-22/h1-2,5-10H,3-4,11-12H2,(H,20,23)(H,21,24). The first-order valence-corrected chi connectivity index (χ1v) is 8.65. The molecule has 2 amide bonds. The fraction of sp³-hybridized carbons (Fsp3) is 0.222. The van der Waals surface area contributed by atoms with Crippen LogP contribution in [0, 0.1) is 0 Å². The van der Waals surface area contributed by atoms with Crippen LogP contribution in [0.25, 0.3) is 0 Å². The zero-order valence-electron chi connectivity index (χ0n) is 13.1. The van der Waals surface area contributed by atoms with Crippen molar-refractivity contribution in [1.82, 2.24) is 0 Å². The predicted molar refractivity (Wildman–Crippen MR) is 99.3 cm³/mol. The molecule has 0 aliphatic carbocycles. The van der Waals surface area contributed by atoms with E-state index in [1.54, 1.807) is 18.2 Å². The monoisotopic (exact) mass is 387 g/mol. The Hall–Kier alpha value is -2.34. The molecule has 3 rings (SSSR count). The van der Waals surface area contributed by atoms with Gasteiger partial charge in [-0.05, 0) is 65.2 Å². The van der Waals surface area contributed by atoms with Gasteiger partial charge >= 0.3 is 11.8 Å². The molecule has 24 heavy (non-hydrogen) atoms. The van der Waals surface area contributed by atoms with Crippen molar-refractivity contribution in [3.8, 4) is 0 Å². The van der Waals surface area contributed by atoms with Crippen LogP contribution in [0.15, 0.2) is 53.0 Å². The highest BCUT2D eigenvalue weighted by molar-refractivity contribution is 9.10. The van der Waals surface area contributed by atoms with Crippen molar-refractivity contribution >= 4 is 44.8 Å². The summed E-state index contributed by atoms with van der Waals surface area (Å²) >= 11 is 3.33. The van der Waals surface area contributed by atoms with E-state index in [2.05, 4.69) is 31.5 Å². The van der Waals surface area contributed by atoms with Gasteiger partial charge in [-0.2, -0.15) is 0 Å². The maximum atomic E-state index is 12.0. The Morgan fingerprint density at radius 1 is 0.875 bits per heavy atom. The lowest BCUT2D eigenvalue weighted by Gasteiger charge is -2.17. The maximum Gasteiger partial charge on any atom is 0.314 e. The number of carbonyl (C=O) groups is 2. The first-order valence-electron chi connectivity index (χ1n) is 7.85. The second-order valence-electron chi connectivity index (χ2n) is 5.63. The quantitative estimate of drug-likeness (QED) is 0.790. The molecule has 2 aromatic rings. The van der Waals surface area contributed by atoms with Crippen molar-refractivity contribution in [3.05, 3.63) is 53.0 Å². The number of halogens is 1. The molecule has 2 aromatic carbocycles. The van der Waals surface area contributed by atoms with Gasteiger partial charge in [-0.25, -0.2) is 0 Å². The molecular weight excluding hydrogens is 370 g/mol. The van der Waals surface area contributed by atoms with Crippen molar-refractivity contribution in [2.75, 3.05) is 28.6 Å². The average Bonchev–Trinajstić information content (AvgIpc) is 3.12. The van der Waals surface area contributed by atoms with Gasteiger partial charge in [-0.15, -0.1) is 0 Å². The van der Waals surface area contributed by atoms with Crippen molar-refractivity contribution < 1.29 is 9.59 Å². The van der Waals surface area contributed by atoms with Crippen molar-refractivity contribution in [1.29, 1.82) is 0 Å². The van der Waals surface area contributed by atoms with Crippen molar-refractivity contribution in [3.63, 3.8) is 0 Å². The van der Waals surface area contributed by atoms with Gasteiger partial charge in [0, 0.05) is 28.9 Å². The Morgan fingerprint density at radius 3 is 2.17 bits per heavy atom. The molecule has 0 unspecified atom stereocenters. The fourth-order valence-electron chi connectivity index (χ4n) is 2.66. The lowest BCUT2D eigenvalue weighted by atomic mass is 10.2. The Kier molecular flexibility index (Phi) is 5.15. The molecule has 1 fully saturated rings. The molecule has 0 spiro atoms. The van der Waals surface area contributed by atoms with Crippen molar-refractivity contribution in [2.45, 2.75) is 12.8 Å². The summed E-state index contributed by atoms with van der Waals surface area (Å²) in [6.45, 7) is 2.14. The number of nitrogens with zero attached hydrogens (tertiary/aromatic N) is 1. The van der Waals surface area contributed by atoms with Crippen LogP contribution in [-0.4, -0.2) is 24.9 Å². The Balaban J connectivity index is 1.59. The molecule has 0 bridgehead atoms. The van der Waals surface area contributed by atoms with Crippen LogP contribution in [0.4, 0.5) is 17.1 Å². The summed E-state index contributed by atoms with van der Waals surface area (Å²) < 4.78 is 0.723. The minimum absolute atomic E-state index is 0.557. The summed E-state index contributed by atoms with van der Waals surface area (Å²) in [5, 5.41) is 5.19. The lowest BCUT2D eigenvalue weighted by molar-refractivity contribution is -0.133. The molecule has 1 aliphatic heterocycles. The van der Waals surface area contributed by atoms with Crippen LogP contribution in [-0.2, 0) is 9.59 Å². The highest BCUT2D eigenvalue weighted by Crippen LogP contribution is 2.23. The molecule has 6 heteroatoms. The maximum absolute atomic E-state index is 12.0. The van der Waals surface area contributed by atoms with Gasteiger partial charge < -0.3 is 15.5 Å². The van der Waals surface area contributed by atoms with Crippen LogP contribution < -0.4 is 15.5 Å². The molecule has 0 radical (unpaired) electrons. The number of para-hydroxylation sites is 1. The first-order chi connectivity index (χ1) is 11.6. The highest BCUT2D eigenvalue weighted by Gasteiger charge is 2.16. The number of benzene rings is 2. The first kappa shape index (κ1) is 16.5. The smallest absolute Gasteiger partial charge is 0.314 e. The van der Waals surface area contributed by atoms with Crippen LogP contribution in [0.5, 0.6) is 0 Å². The second kappa shape index (κ2) is 7.49. The second-order valence-corrected chi connectivity index (χ2v) is 6.48. The number of amides is 2. The number of carbonyl (C=O) groups excluding carboxylic acids is 2. The van der Waals surface area contributed by atoms with Gasteiger partial charge in [0.2, 0.25) is 0 Å². The third kappa shape index (κ3) is 3.94. The summed E-state index contributed by atoms with van der Waals surface area (Å²) in [6.07, 6.45) is 2.43. The number of nitrogens with one attached hydrogen (secondary N) is 2. The molecule has 2 N–H and O–H groups in total. The molecule has 0 atom stereocenters. The van der Waals surface area contributed by atoms with Gasteiger partial charge in [-0.3, -0.25) is 9.59 Å². The molecular formula is C18H18BrN3O2. The summed E-state index contributed by atoms with van der Waals surface area (Å²) in [5.74, 6) is -1.40. The number of anilines is 3. The molecule has 5 nitrogen and oxygen atoms in total. The number of hydrogen-bond donors (Lipinski definition) is 2. The number of hydrogen-bond acceptors (Lipinski definition) is 3. The van der Waals surface area contributed by atoms with Gasteiger partial charge in [0.15, 0.2) is 0 Å². The zero-order valence-corrected chi connectivity index (χ0v) is 14.7. The Bertz CT molecular complexity index is 740. The topological polar surface area (TPSA) is 61.4 Å². The van der Waals surface area contributed by atoms with E-state index >= 15 is 0 Å². The molecule has 1 aliphatic rings. The summed E-state index contributed by atoms with van der Waals surface area (Å²) in [4.78, 5) is 26.3. The third-order valence-corrected chi connectivity index (χ3v) is 4.62. The molecule has 0 aromatic heterocycles. The zero-order chi connectivity index (χ0) is 16.9. The minimum atomic E-state index is -0.703. The van der Waals surface area contributed by atoms with Gasteiger partial charge in [-0.1, -0.05) is 12.1 Å². The van der Waals surface area contributed by atoms with E-state index in [-0.39, 0.29) is 0 Å². The fourth-order valence-corrected chi connectivity index (χ4v) is 3.04. The van der Waals surface area contributed by atoms with E-state index in [4.69, 9.17) is 0 Å². The largest absolute Gasteiger partial charge is 0.372 e. The van der Waals surface area contributed by atoms with E-state index in [0.29, 0.717) is 11.4 Å². The lowest BCUT2D eigenvalue weighted by Crippen LogP contribution is -2.29. The Labute approximate surface area is 149 Å². The van der Waals surface area contributed by atoms with E-state index in [0.717, 1.165) is 23.2 Å². The van der Waals surface area contributed by atoms with E-state index in [1.165, 1.54) is 12.8 Å². The minimum Gasteiger partial charge on any atom is -0.372 e. The Morgan fingerprint density at radius 2 is 1.50 bits per heavy atom. The SMILES string of the molecule is O=C(Nc1ccc(N2CCCC2)cc1)C(=O)Nc1ccccc1Br. The number of rotatable bonds is 3. The summed E-state index contributed by atoms with van der Waals surface area (Å²) in [5.41, 5.74) is 2.30. The molecule has 124 valence electrons. The summed E-state index contributed by atoms with van der Waals surface area (Å²) in [6, 6.07) is 14.7. The van der Waals surface area contributed by atoms with E-state index in [9.17, 15) is 9.59 Å². The van der Waals surface area contributed by atoms with E-state index in [1.807, 2.05) is 30.3 Å². The van der Waals surface area contributed by atoms with Crippen molar-refractivity contribution in [2.24, 2.45) is 0 Å². The van der Waals surface area contributed by atoms with Crippen LogP contribution in [0.1, 0.15) is 12.8 Å². The average molecular weight is 388 g/mol. The normalized spacial score (nSPS) is 13.6. The van der Waals surface area contributed by atoms with Crippen LogP contribution in [0.2, 0.25) is 0 Å². The van der Waals surface area contributed by atoms with Crippen LogP contribution >= 0.6 is 15.9 Å². The highest BCUT2D eigenvalue weighted by atomic mass is 79.9. The molecule has 1 saturated heterocycles. The van der Waals surface area contributed by atoms with Gasteiger partial charge in [0.1, 0.15) is 0 Å². The van der Waals surface area contributed by atoms with Crippen LogP contribution in [0.3, 0.4) is 0 Å². The molecule has 0 saturated carbocycles. The molecule has 1 heterocycles. The van der Waals surface area contributed by atoms with Gasteiger partial charge in [0.25, 0.3) is 0 Å². The summed E-state index contributed by atoms with van der Waals surface area (Å²) in [7, 11) is 0.